The number of benzene rings is 1. The monoisotopic (exact) mass is 267 g/mol. The van der Waals surface area contributed by atoms with Gasteiger partial charge in [-0.15, -0.1) is 0 Å². The second kappa shape index (κ2) is 6.72. The quantitative estimate of drug-likeness (QED) is 0.908. The van der Waals surface area contributed by atoms with E-state index in [0.29, 0.717) is 11.3 Å². The molecule has 1 nitrogen and oxygen atoms in total. The lowest BCUT2D eigenvalue weighted by molar-refractivity contribution is 0.664. The average Bonchev–Trinajstić information content (AvgIpc) is 2.40. The summed E-state index contributed by atoms with van der Waals surface area (Å²) in [5, 5.41) is 0.639. The van der Waals surface area contributed by atoms with Gasteiger partial charge in [-0.25, -0.2) is 0 Å². The van der Waals surface area contributed by atoms with E-state index in [1.54, 1.807) is 0 Å². The van der Waals surface area contributed by atoms with Crippen molar-refractivity contribution in [3.63, 3.8) is 0 Å². The van der Waals surface area contributed by atoms with E-state index in [9.17, 15) is 0 Å². The molecule has 94 valence electrons. The number of aryl methyl sites for hydroxylation is 1. The van der Waals surface area contributed by atoms with Crippen LogP contribution in [0.4, 0.5) is 0 Å². The zero-order valence-electron chi connectivity index (χ0n) is 10.4. The molecule has 0 bridgehead atoms. The predicted octanol–water partition coefficient (Wildman–Crippen LogP) is 2.97. The summed E-state index contributed by atoms with van der Waals surface area (Å²) in [4.78, 5) is 0. The topological polar surface area (TPSA) is 26.0 Å². The number of rotatable bonds is 4. The van der Waals surface area contributed by atoms with Crippen molar-refractivity contribution in [2.24, 2.45) is 5.73 Å². The van der Waals surface area contributed by atoms with Crippen LogP contribution < -0.4 is 5.73 Å². The van der Waals surface area contributed by atoms with Gasteiger partial charge >= 0.3 is 0 Å². The highest BCUT2D eigenvalue weighted by atomic mass is 32.2. The van der Waals surface area contributed by atoms with E-state index in [1.807, 2.05) is 11.8 Å². The fourth-order valence-electron chi connectivity index (χ4n) is 2.07. The van der Waals surface area contributed by atoms with Crippen molar-refractivity contribution < 1.29 is 0 Å². The van der Waals surface area contributed by atoms with Gasteiger partial charge in [-0.3, -0.25) is 0 Å². The van der Waals surface area contributed by atoms with Gasteiger partial charge in [0.2, 0.25) is 0 Å². The van der Waals surface area contributed by atoms with E-state index in [-0.39, 0.29) is 0 Å². The Morgan fingerprint density at radius 1 is 1.24 bits per heavy atom. The highest BCUT2D eigenvalue weighted by Crippen LogP contribution is 2.27. The summed E-state index contributed by atoms with van der Waals surface area (Å²) in [6, 6.07) is 9.23. The van der Waals surface area contributed by atoms with Gasteiger partial charge in [0.25, 0.3) is 0 Å². The largest absolute Gasteiger partial charge is 0.326 e. The van der Waals surface area contributed by atoms with Crippen LogP contribution in [0.15, 0.2) is 24.3 Å². The van der Waals surface area contributed by atoms with Crippen molar-refractivity contribution in [3.05, 3.63) is 35.4 Å². The molecule has 1 saturated heterocycles. The Morgan fingerprint density at radius 2 is 1.94 bits per heavy atom. The molecule has 0 aliphatic carbocycles. The fraction of sp³-hybridized carbons (Fsp3) is 0.571. The van der Waals surface area contributed by atoms with Crippen LogP contribution in [0.3, 0.4) is 0 Å². The molecule has 3 heteroatoms. The molecule has 2 atom stereocenters. The van der Waals surface area contributed by atoms with Gasteiger partial charge in [-0.2, -0.15) is 23.5 Å². The lowest BCUT2D eigenvalue weighted by atomic mass is 10.0. The summed E-state index contributed by atoms with van der Waals surface area (Å²) in [5.41, 5.74) is 9.10. The van der Waals surface area contributed by atoms with Gasteiger partial charge < -0.3 is 5.73 Å². The van der Waals surface area contributed by atoms with Crippen molar-refractivity contribution in [2.45, 2.75) is 31.1 Å². The third-order valence-electron chi connectivity index (χ3n) is 3.22. The Bertz CT molecular complexity index is 331. The molecule has 1 aliphatic heterocycles. The minimum Gasteiger partial charge on any atom is -0.326 e. The molecule has 1 heterocycles. The zero-order valence-corrected chi connectivity index (χ0v) is 12.0. The molecule has 2 N–H and O–H groups in total. The molecular formula is C14H21NS2. The Hall–Kier alpha value is -0.120. The van der Waals surface area contributed by atoms with Gasteiger partial charge in [0.1, 0.15) is 0 Å². The van der Waals surface area contributed by atoms with Gasteiger partial charge in [0.05, 0.1) is 0 Å². The van der Waals surface area contributed by atoms with Crippen molar-refractivity contribution in [3.8, 4) is 0 Å². The lowest BCUT2D eigenvalue weighted by Gasteiger charge is -2.26. The van der Waals surface area contributed by atoms with Crippen LogP contribution >= 0.6 is 23.5 Å². The maximum Gasteiger partial charge on any atom is 0.0293 e. The van der Waals surface area contributed by atoms with E-state index >= 15 is 0 Å². The SMILES string of the molecule is CCc1ccc(CC(N)C2CSCCS2)cc1. The van der Waals surface area contributed by atoms with Crippen molar-refractivity contribution >= 4 is 23.5 Å². The van der Waals surface area contributed by atoms with Crippen LogP contribution in [0.25, 0.3) is 0 Å². The maximum absolute atomic E-state index is 6.32. The molecule has 1 fully saturated rings. The van der Waals surface area contributed by atoms with Crippen LogP contribution in [-0.2, 0) is 12.8 Å². The van der Waals surface area contributed by atoms with E-state index in [0.717, 1.165) is 12.8 Å². The zero-order chi connectivity index (χ0) is 12.1. The smallest absolute Gasteiger partial charge is 0.0293 e. The number of hydrogen-bond acceptors (Lipinski definition) is 3. The second-order valence-electron chi connectivity index (χ2n) is 4.52. The first-order valence-electron chi connectivity index (χ1n) is 6.32. The predicted molar refractivity (Wildman–Crippen MR) is 81.1 cm³/mol. The van der Waals surface area contributed by atoms with Gasteiger partial charge in [0, 0.05) is 28.6 Å². The Balaban J connectivity index is 1.89. The van der Waals surface area contributed by atoms with Gasteiger partial charge in [-0.05, 0) is 24.0 Å². The second-order valence-corrected chi connectivity index (χ2v) is 7.02. The normalized spacial score (nSPS) is 22.4. The molecule has 1 aliphatic rings. The Labute approximate surface area is 113 Å². The van der Waals surface area contributed by atoms with E-state index in [2.05, 4.69) is 43.0 Å². The van der Waals surface area contributed by atoms with Gasteiger partial charge in [0.15, 0.2) is 0 Å². The molecule has 0 amide bonds. The molecule has 0 spiro atoms. The standard InChI is InChI=1S/C14H21NS2/c1-2-11-3-5-12(6-4-11)9-13(15)14-10-16-7-8-17-14/h3-6,13-14H,2,7-10,15H2,1H3. The van der Waals surface area contributed by atoms with Crippen LogP contribution in [0, 0.1) is 0 Å². The van der Waals surface area contributed by atoms with Crippen molar-refractivity contribution in [1.29, 1.82) is 0 Å². The highest BCUT2D eigenvalue weighted by Gasteiger charge is 2.21. The first-order valence-corrected chi connectivity index (χ1v) is 8.52. The van der Waals surface area contributed by atoms with E-state index < -0.39 is 0 Å². The fourth-order valence-corrected chi connectivity index (χ4v) is 4.89. The van der Waals surface area contributed by atoms with Crippen LogP contribution in [0.1, 0.15) is 18.1 Å². The van der Waals surface area contributed by atoms with Crippen LogP contribution in [0.5, 0.6) is 0 Å². The molecule has 0 radical (unpaired) electrons. The Morgan fingerprint density at radius 3 is 2.53 bits per heavy atom. The van der Waals surface area contributed by atoms with E-state index in [1.165, 1.54) is 28.4 Å². The summed E-state index contributed by atoms with van der Waals surface area (Å²) in [7, 11) is 0. The molecule has 1 aromatic carbocycles. The highest BCUT2D eigenvalue weighted by molar-refractivity contribution is 8.06. The molecule has 0 saturated carbocycles. The van der Waals surface area contributed by atoms with Crippen molar-refractivity contribution in [1.82, 2.24) is 0 Å². The molecular weight excluding hydrogens is 246 g/mol. The minimum atomic E-state index is 0.306. The third-order valence-corrected chi connectivity index (χ3v) is 6.16. The number of hydrogen-bond donors (Lipinski definition) is 1. The molecule has 0 aromatic heterocycles. The first-order chi connectivity index (χ1) is 8.29. The molecule has 2 rings (SSSR count). The Kier molecular flexibility index (Phi) is 5.26. The first kappa shape index (κ1) is 13.3. The number of thioether (sulfide) groups is 2. The summed E-state index contributed by atoms with van der Waals surface area (Å²) in [6.45, 7) is 2.19. The van der Waals surface area contributed by atoms with Crippen LogP contribution in [0.2, 0.25) is 0 Å². The third kappa shape index (κ3) is 3.94. The molecule has 2 unspecified atom stereocenters. The number of nitrogens with two attached hydrogens (primary N) is 1. The van der Waals surface area contributed by atoms with E-state index in [4.69, 9.17) is 5.73 Å². The molecule has 17 heavy (non-hydrogen) atoms. The maximum atomic E-state index is 6.32. The summed E-state index contributed by atoms with van der Waals surface area (Å²) >= 11 is 4.10. The van der Waals surface area contributed by atoms with Gasteiger partial charge in [-0.1, -0.05) is 31.2 Å². The summed E-state index contributed by atoms with van der Waals surface area (Å²) < 4.78 is 0. The summed E-state index contributed by atoms with van der Waals surface area (Å²) in [5.74, 6) is 3.77. The van der Waals surface area contributed by atoms with Crippen LogP contribution in [-0.4, -0.2) is 28.6 Å². The average molecular weight is 267 g/mol. The minimum absolute atomic E-state index is 0.306. The summed E-state index contributed by atoms with van der Waals surface area (Å²) in [6.07, 6.45) is 2.13. The van der Waals surface area contributed by atoms with Crippen molar-refractivity contribution in [2.75, 3.05) is 17.3 Å². The molecule has 1 aromatic rings. The lowest BCUT2D eigenvalue weighted by Crippen LogP contribution is -2.38.